The molecule has 0 spiro atoms. The van der Waals surface area contributed by atoms with Crippen LogP contribution in [-0.4, -0.2) is 42.2 Å². The van der Waals surface area contributed by atoms with Crippen molar-refractivity contribution >= 4 is 11.6 Å². The number of likely N-dealkylation sites (N-methyl/N-ethyl adjacent to an activating group) is 1. The second-order valence-electron chi connectivity index (χ2n) is 7.47. The quantitative estimate of drug-likeness (QED) is 0.715. The molecule has 2 rings (SSSR count). The maximum Gasteiger partial charge on any atom is 0.191 e. The van der Waals surface area contributed by atoms with Crippen LogP contribution in [0.2, 0.25) is 0 Å². The third-order valence-electron chi connectivity index (χ3n) is 5.80. The lowest BCUT2D eigenvalue weighted by molar-refractivity contribution is -0.925. The molecule has 0 radical (unpaired) electrons. The molecule has 0 saturated carbocycles. The van der Waals surface area contributed by atoms with E-state index in [-0.39, 0.29) is 5.92 Å². The van der Waals surface area contributed by atoms with Gasteiger partial charge in [0.15, 0.2) is 5.78 Å². The zero-order valence-corrected chi connectivity index (χ0v) is 15.7. The van der Waals surface area contributed by atoms with Crippen LogP contribution >= 0.6 is 0 Å². The standard InChI is InChI=1S/C21H32NO2/c1-5-21(24)18-11-8-12-22(6-2,14-18)15-19(23)13-20-16(3)9-7-10-17(20)4/h7,9-10,18H,5-6,8,11-15H2,1-4H3/q+1. The maximum atomic E-state index is 12.8. The molecule has 132 valence electrons. The topological polar surface area (TPSA) is 34.1 Å². The molecule has 3 nitrogen and oxygen atoms in total. The summed E-state index contributed by atoms with van der Waals surface area (Å²) in [5.74, 6) is 0.823. The molecule has 1 aliphatic heterocycles. The molecule has 2 unspecified atom stereocenters. The Labute approximate surface area is 146 Å². The van der Waals surface area contributed by atoms with E-state index in [2.05, 4.69) is 32.9 Å². The Kier molecular flexibility index (Phi) is 6.34. The number of likely N-dealkylation sites (tertiary alicyclic amines) is 1. The molecule has 3 heteroatoms. The van der Waals surface area contributed by atoms with Crippen molar-refractivity contribution in [2.75, 3.05) is 26.2 Å². The lowest BCUT2D eigenvalue weighted by Crippen LogP contribution is -2.57. The first-order chi connectivity index (χ1) is 11.4. The molecule has 1 saturated heterocycles. The Morgan fingerprint density at radius 2 is 1.83 bits per heavy atom. The van der Waals surface area contributed by atoms with E-state index in [0.717, 1.165) is 37.0 Å². The van der Waals surface area contributed by atoms with Crippen molar-refractivity contribution in [1.29, 1.82) is 0 Å². The molecule has 0 N–H and O–H groups in total. The molecular weight excluding hydrogens is 298 g/mol. The monoisotopic (exact) mass is 330 g/mol. The van der Waals surface area contributed by atoms with E-state index in [9.17, 15) is 9.59 Å². The molecule has 0 amide bonds. The highest BCUT2D eigenvalue weighted by atomic mass is 16.1. The van der Waals surface area contributed by atoms with Crippen LogP contribution in [-0.2, 0) is 16.0 Å². The lowest BCUT2D eigenvalue weighted by atomic mass is 9.90. The number of aryl methyl sites for hydroxylation is 2. The van der Waals surface area contributed by atoms with Crippen molar-refractivity contribution in [1.82, 2.24) is 0 Å². The first-order valence-corrected chi connectivity index (χ1v) is 9.35. The van der Waals surface area contributed by atoms with Gasteiger partial charge in [-0.05, 0) is 50.3 Å². The fourth-order valence-corrected chi connectivity index (χ4v) is 4.17. The minimum atomic E-state index is 0.150. The number of carbonyl (C=O) groups excluding carboxylic acids is 2. The fourth-order valence-electron chi connectivity index (χ4n) is 4.17. The molecule has 1 heterocycles. The minimum Gasteiger partial charge on any atom is -0.317 e. The Morgan fingerprint density at radius 1 is 1.17 bits per heavy atom. The van der Waals surface area contributed by atoms with Crippen molar-refractivity contribution in [2.45, 2.75) is 53.4 Å². The van der Waals surface area contributed by atoms with E-state index in [0.29, 0.717) is 31.0 Å². The van der Waals surface area contributed by atoms with Crippen molar-refractivity contribution in [3.63, 3.8) is 0 Å². The first kappa shape index (κ1) is 18.9. The summed E-state index contributed by atoms with van der Waals surface area (Å²) in [5.41, 5.74) is 3.57. The van der Waals surface area contributed by atoms with Crippen LogP contribution in [0.5, 0.6) is 0 Å². The largest absolute Gasteiger partial charge is 0.317 e. The van der Waals surface area contributed by atoms with Crippen LogP contribution in [0, 0.1) is 19.8 Å². The van der Waals surface area contributed by atoms with Gasteiger partial charge in [0.25, 0.3) is 0 Å². The maximum absolute atomic E-state index is 12.8. The van der Waals surface area contributed by atoms with Gasteiger partial charge in [0.1, 0.15) is 12.3 Å². The van der Waals surface area contributed by atoms with Crippen LogP contribution < -0.4 is 0 Å². The molecule has 1 aromatic rings. The molecule has 1 aromatic carbocycles. The molecule has 0 aliphatic carbocycles. The van der Waals surface area contributed by atoms with Crippen LogP contribution in [0.15, 0.2) is 18.2 Å². The summed E-state index contributed by atoms with van der Waals surface area (Å²) in [6, 6.07) is 6.21. The zero-order chi connectivity index (χ0) is 17.7. The molecule has 0 bridgehead atoms. The summed E-state index contributed by atoms with van der Waals surface area (Å²) in [6.07, 6.45) is 3.19. The molecule has 0 aromatic heterocycles. The summed E-state index contributed by atoms with van der Waals surface area (Å²) in [7, 11) is 0. The second kappa shape index (κ2) is 8.06. The average Bonchev–Trinajstić information content (AvgIpc) is 2.57. The molecule has 24 heavy (non-hydrogen) atoms. The van der Waals surface area contributed by atoms with Crippen molar-refractivity contribution in [3.8, 4) is 0 Å². The van der Waals surface area contributed by atoms with Gasteiger partial charge < -0.3 is 4.48 Å². The van der Waals surface area contributed by atoms with Crippen LogP contribution in [0.1, 0.15) is 49.8 Å². The van der Waals surface area contributed by atoms with Gasteiger partial charge in [0.2, 0.25) is 0 Å². The van der Waals surface area contributed by atoms with E-state index >= 15 is 0 Å². The Hall–Kier alpha value is -1.48. The summed E-state index contributed by atoms with van der Waals surface area (Å²) in [5, 5.41) is 0. The highest BCUT2D eigenvalue weighted by Gasteiger charge is 2.37. The van der Waals surface area contributed by atoms with Crippen molar-refractivity contribution in [2.24, 2.45) is 5.92 Å². The molecule has 1 aliphatic rings. The second-order valence-corrected chi connectivity index (χ2v) is 7.47. The number of carbonyl (C=O) groups is 2. The third kappa shape index (κ3) is 4.32. The van der Waals surface area contributed by atoms with Crippen molar-refractivity contribution < 1.29 is 14.1 Å². The SMILES string of the molecule is CCC(=O)C1CCC[N+](CC)(CC(=O)Cc2c(C)cccc2C)C1. The first-order valence-electron chi connectivity index (χ1n) is 9.35. The Bertz CT molecular complexity index is 588. The number of rotatable bonds is 7. The number of ketones is 2. The number of Topliss-reactive ketones (excluding diaryl/α,β-unsaturated/α-hetero) is 2. The minimum absolute atomic E-state index is 0.150. The van der Waals surface area contributed by atoms with Gasteiger partial charge in [0.05, 0.1) is 25.6 Å². The smallest absolute Gasteiger partial charge is 0.191 e. The van der Waals surface area contributed by atoms with E-state index < -0.39 is 0 Å². The predicted octanol–water partition coefficient (Wildman–Crippen LogP) is 3.64. The summed E-state index contributed by atoms with van der Waals surface area (Å²) in [4.78, 5) is 24.9. The number of nitrogens with zero attached hydrogens (tertiary/aromatic N) is 1. The van der Waals surface area contributed by atoms with Gasteiger partial charge in [0, 0.05) is 12.8 Å². The molecule has 2 atom stereocenters. The van der Waals surface area contributed by atoms with Gasteiger partial charge in [-0.3, -0.25) is 9.59 Å². The zero-order valence-electron chi connectivity index (χ0n) is 15.7. The van der Waals surface area contributed by atoms with Gasteiger partial charge in [-0.2, -0.15) is 0 Å². The van der Waals surface area contributed by atoms with E-state index in [1.165, 1.54) is 16.7 Å². The molecular formula is C21H32NO2+. The van der Waals surface area contributed by atoms with Gasteiger partial charge >= 0.3 is 0 Å². The Balaban J connectivity index is 2.09. The summed E-state index contributed by atoms with van der Waals surface area (Å²) < 4.78 is 0.792. The number of quaternary nitrogens is 1. The predicted molar refractivity (Wildman–Crippen MR) is 98.1 cm³/mol. The van der Waals surface area contributed by atoms with Crippen LogP contribution in [0.4, 0.5) is 0 Å². The van der Waals surface area contributed by atoms with Crippen LogP contribution in [0.25, 0.3) is 0 Å². The van der Waals surface area contributed by atoms with E-state index in [1.54, 1.807) is 0 Å². The van der Waals surface area contributed by atoms with Gasteiger partial charge in [-0.25, -0.2) is 0 Å². The number of hydrogen-bond donors (Lipinski definition) is 0. The fraction of sp³-hybridized carbons (Fsp3) is 0.619. The summed E-state index contributed by atoms with van der Waals surface area (Å²) >= 11 is 0. The highest BCUT2D eigenvalue weighted by molar-refractivity contribution is 5.83. The van der Waals surface area contributed by atoms with Gasteiger partial charge in [-0.1, -0.05) is 25.1 Å². The summed E-state index contributed by atoms with van der Waals surface area (Å²) in [6.45, 7) is 11.6. The number of benzene rings is 1. The normalized spacial score (nSPS) is 23.9. The number of piperidine rings is 1. The Morgan fingerprint density at radius 3 is 2.42 bits per heavy atom. The average molecular weight is 330 g/mol. The number of hydrogen-bond acceptors (Lipinski definition) is 2. The van der Waals surface area contributed by atoms with Crippen LogP contribution in [0.3, 0.4) is 0 Å². The van der Waals surface area contributed by atoms with E-state index in [1.807, 2.05) is 13.0 Å². The lowest BCUT2D eigenvalue weighted by Gasteiger charge is -2.43. The molecule has 1 fully saturated rings. The third-order valence-corrected chi connectivity index (χ3v) is 5.80. The van der Waals surface area contributed by atoms with Gasteiger partial charge in [-0.15, -0.1) is 0 Å². The highest BCUT2D eigenvalue weighted by Crippen LogP contribution is 2.26. The van der Waals surface area contributed by atoms with E-state index in [4.69, 9.17) is 0 Å². The van der Waals surface area contributed by atoms with Crippen molar-refractivity contribution in [3.05, 3.63) is 34.9 Å².